The van der Waals surface area contributed by atoms with Crippen molar-refractivity contribution in [3.8, 4) is 0 Å². The van der Waals surface area contributed by atoms with E-state index in [1.807, 2.05) is 9.80 Å². The summed E-state index contributed by atoms with van der Waals surface area (Å²) < 4.78 is 0. The van der Waals surface area contributed by atoms with Crippen LogP contribution in [0.15, 0.2) is 0 Å². The number of nitrogens with one attached hydrogen (secondary N) is 12. The minimum absolute atomic E-state index is 0.0540. The van der Waals surface area contributed by atoms with Crippen molar-refractivity contribution in [1.29, 1.82) is 0 Å². The van der Waals surface area contributed by atoms with E-state index in [1.165, 1.54) is 0 Å². The summed E-state index contributed by atoms with van der Waals surface area (Å²) in [6.45, 7) is 14.3. The molecule has 0 unspecified atom stereocenters. The topological polar surface area (TPSA) is 577 Å². The van der Waals surface area contributed by atoms with Gasteiger partial charge in [0.25, 0.3) is 0 Å². The molecule has 0 saturated heterocycles. The molecule has 28 N–H and O–H groups in total. The summed E-state index contributed by atoms with van der Waals surface area (Å²) in [7, 11) is 0. The summed E-state index contributed by atoms with van der Waals surface area (Å²) in [5.41, 5.74) is 44.6. The third-order valence-corrected chi connectivity index (χ3v) is 17.1. The van der Waals surface area contributed by atoms with Crippen LogP contribution in [0.1, 0.15) is 128 Å². The number of carbonyl (C=O) groups excluding carboxylic acids is 12. The predicted molar refractivity (Wildman–Crippen MR) is 420 cm³/mol. The van der Waals surface area contributed by atoms with Crippen LogP contribution in [0.3, 0.4) is 0 Å². The third kappa shape index (κ3) is 64.0. The lowest BCUT2D eigenvalue weighted by Crippen LogP contribution is -2.43. The molecule has 0 rings (SSSR count). The molecule has 38 heteroatoms. The van der Waals surface area contributed by atoms with Crippen molar-refractivity contribution in [2.75, 3.05) is 249 Å². The molecule has 0 saturated carbocycles. The Morgan fingerprint density at radius 1 is 0.148 bits per heavy atom. The van der Waals surface area contributed by atoms with Crippen molar-refractivity contribution in [3.63, 3.8) is 0 Å². The lowest BCUT2D eigenvalue weighted by atomic mass is 10.2. The van der Waals surface area contributed by atoms with Crippen LogP contribution in [0.4, 0.5) is 0 Å². The molecule has 0 bridgehead atoms. The highest BCUT2D eigenvalue weighted by molar-refractivity contribution is 5.80. The summed E-state index contributed by atoms with van der Waals surface area (Å²) in [5.74, 6) is -1.93. The van der Waals surface area contributed by atoms with Gasteiger partial charge in [-0.15, -0.1) is 0 Å². The molecule has 108 heavy (non-hydrogen) atoms. The van der Waals surface area contributed by atoms with Gasteiger partial charge in [0.1, 0.15) is 0 Å². The molecule has 626 valence electrons. The standard InChI is InChI=1S/C70H144N26O12/c71-21-29-79-59(97)9-1-41-91(42-2-10-60(98)80-30-22-72)53-37-87-67(105)17-49-95(50-18-68(106)88-38-54-92(43-3-11-61(99)81-31-23-73)44-4-12-62(100)82-32-24-74)57-58-96(51-19-69(107)89-39-55-93(45-5-13-63(101)83-33-25-75)46-6-14-64(102)84-34-26-76)52-20-70(108)90-40-56-94(47-7-15-65(103)85-35-27-77)48-8-16-66(104)86-36-28-78/h1-58,71-78H2,(H,79,97)(H,80,98)(H,81,99)(H,82,100)(H,83,101)(H,84,102)(H,85,103)(H,86,104)(H,87,105)(H,88,106)(H,89,107)(H,90,108). The molecule has 12 amide bonds. The highest BCUT2D eigenvalue weighted by atomic mass is 16.2. The van der Waals surface area contributed by atoms with Crippen molar-refractivity contribution < 1.29 is 57.5 Å². The molecule has 0 aliphatic heterocycles. The Morgan fingerprint density at radius 3 is 0.407 bits per heavy atom. The van der Waals surface area contributed by atoms with Gasteiger partial charge >= 0.3 is 0 Å². The third-order valence-electron chi connectivity index (χ3n) is 17.1. The number of carbonyl (C=O) groups is 12. The van der Waals surface area contributed by atoms with Gasteiger partial charge in [0, 0.05) is 273 Å². The summed E-state index contributed by atoms with van der Waals surface area (Å²) in [5, 5.41) is 34.4. The highest BCUT2D eigenvalue weighted by Gasteiger charge is 2.20. The maximum atomic E-state index is 13.8. The van der Waals surface area contributed by atoms with E-state index in [0.29, 0.717) is 248 Å². The highest BCUT2D eigenvalue weighted by Crippen LogP contribution is 2.07. The molecule has 0 aliphatic carbocycles. The average Bonchev–Trinajstić information content (AvgIpc) is 0.965. The fraction of sp³-hybridized carbons (Fsp3) is 0.829. The summed E-state index contributed by atoms with van der Waals surface area (Å²) in [6.07, 6.45) is 6.78. The molecule has 0 spiro atoms. The molecular formula is C70H144N26O12. The van der Waals surface area contributed by atoms with Crippen LogP contribution in [-0.4, -0.2) is 349 Å². The Morgan fingerprint density at radius 2 is 0.269 bits per heavy atom. The largest absolute Gasteiger partial charge is 0.355 e. The number of nitrogens with two attached hydrogens (primary N) is 8. The van der Waals surface area contributed by atoms with E-state index < -0.39 is 0 Å². The molecule has 38 nitrogen and oxygen atoms in total. The summed E-state index contributed by atoms with van der Waals surface area (Å²) >= 11 is 0. The van der Waals surface area contributed by atoms with Crippen molar-refractivity contribution in [2.45, 2.75) is 128 Å². The Hall–Kier alpha value is -6.92. The first-order chi connectivity index (χ1) is 52.2. The van der Waals surface area contributed by atoms with Crippen LogP contribution in [0.25, 0.3) is 0 Å². The van der Waals surface area contributed by atoms with E-state index in [9.17, 15) is 57.5 Å². The van der Waals surface area contributed by atoms with Crippen molar-refractivity contribution >= 4 is 70.9 Å². The Labute approximate surface area is 642 Å². The van der Waals surface area contributed by atoms with Gasteiger partial charge in [-0.25, -0.2) is 0 Å². The first kappa shape index (κ1) is 101. The fourth-order valence-electron chi connectivity index (χ4n) is 11.2. The van der Waals surface area contributed by atoms with Crippen LogP contribution in [0.2, 0.25) is 0 Å². The second-order valence-corrected chi connectivity index (χ2v) is 26.4. The minimum atomic E-state index is -0.245. The molecule has 0 heterocycles. The molecule has 0 aromatic carbocycles. The van der Waals surface area contributed by atoms with Crippen LogP contribution in [-0.2, 0) is 57.5 Å². The maximum Gasteiger partial charge on any atom is 0.221 e. The van der Waals surface area contributed by atoms with Gasteiger partial charge in [0.2, 0.25) is 70.9 Å². The van der Waals surface area contributed by atoms with Crippen LogP contribution in [0.5, 0.6) is 0 Å². The van der Waals surface area contributed by atoms with Gasteiger partial charge in [-0.05, 0) is 104 Å². The first-order valence-corrected chi connectivity index (χ1v) is 39.4. The smallest absolute Gasteiger partial charge is 0.221 e. The van der Waals surface area contributed by atoms with Gasteiger partial charge in [-0.2, -0.15) is 0 Å². The number of hydrogen-bond acceptors (Lipinski definition) is 26. The Balaban J connectivity index is 6.91. The average molecular weight is 1540 g/mol. The molecular weight excluding hydrogens is 1400 g/mol. The zero-order chi connectivity index (χ0) is 79.9. The maximum absolute atomic E-state index is 13.8. The number of nitrogens with zero attached hydrogens (tertiary/aromatic N) is 6. The van der Waals surface area contributed by atoms with Gasteiger partial charge in [0.05, 0.1) is 0 Å². The molecule has 0 radical (unpaired) electrons. The van der Waals surface area contributed by atoms with Crippen molar-refractivity contribution in [3.05, 3.63) is 0 Å². The molecule has 0 aromatic rings. The first-order valence-electron chi connectivity index (χ1n) is 39.4. The summed E-state index contributed by atoms with van der Waals surface area (Å²) in [4.78, 5) is 167. The van der Waals surface area contributed by atoms with E-state index in [0.717, 1.165) is 0 Å². The number of amides is 12. The SMILES string of the molecule is NCCNC(=O)CCCN(CCCC(=O)NCCN)CCNC(=O)CCN(CCC(=O)NCCN(CCCC(=O)NCCN)CCCC(=O)NCCN)CCN(CCC(=O)NCCN(CCCC(=O)NCCN)CCCC(=O)NCCN)CCC(=O)NCCN(CCCC(=O)NCCN)CCCC(=O)NCCN. The van der Waals surface area contributed by atoms with Gasteiger partial charge in [-0.1, -0.05) is 0 Å². The normalized spacial score (nSPS) is 11.3. The lowest BCUT2D eigenvalue weighted by Gasteiger charge is -2.28. The Bertz CT molecular complexity index is 2010. The zero-order valence-electron chi connectivity index (χ0n) is 65.2. The quantitative estimate of drug-likeness (QED) is 0.0269. The molecule has 0 aromatic heterocycles. The second-order valence-electron chi connectivity index (χ2n) is 26.4. The molecule has 0 atom stereocenters. The predicted octanol–water partition coefficient (Wildman–Crippen LogP) is -8.34. The van der Waals surface area contributed by atoms with Crippen molar-refractivity contribution in [1.82, 2.24) is 93.2 Å². The van der Waals surface area contributed by atoms with E-state index in [-0.39, 0.29) is 200 Å². The van der Waals surface area contributed by atoms with Gasteiger partial charge in [0.15, 0.2) is 0 Å². The van der Waals surface area contributed by atoms with E-state index in [4.69, 9.17) is 45.9 Å². The van der Waals surface area contributed by atoms with E-state index >= 15 is 0 Å². The minimum Gasteiger partial charge on any atom is -0.355 e. The van der Waals surface area contributed by atoms with E-state index in [2.05, 4.69) is 83.4 Å². The molecule has 0 aliphatic rings. The number of rotatable bonds is 75. The fourth-order valence-corrected chi connectivity index (χ4v) is 11.2. The monoisotopic (exact) mass is 1540 g/mol. The van der Waals surface area contributed by atoms with Gasteiger partial charge in [-0.3, -0.25) is 57.5 Å². The van der Waals surface area contributed by atoms with Crippen molar-refractivity contribution in [2.24, 2.45) is 45.9 Å². The molecule has 0 fully saturated rings. The van der Waals surface area contributed by atoms with Crippen LogP contribution in [0, 0.1) is 0 Å². The summed E-state index contributed by atoms with van der Waals surface area (Å²) in [6, 6.07) is 0. The Kier molecular flexibility index (Phi) is 67.1. The van der Waals surface area contributed by atoms with E-state index in [1.54, 1.807) is 0 Å². The number of hydrogen-bond donors (Lipinski definition) is 20. The van der Waals surface area contributed by atoms with Gasteiger partial charge < -0.3 is 139 Å². The van der Waals surface area contributed by atoms with Crippen LogP contribution < -0.4 is 110 Å². The zero-order valence-corrected chi connectivity index (χ0v) is 65.2. The van der Waals surface area contributed by atoms with Crippen LogP contribution >= 0.6 is 0 Å². The lowest BCUT2D eigenvalue weighted by molar-refractivity contribution is -0.123. The second kappa shape index (κ2) is 71.7.